The van der Waals surface area contributed by atoms with Gasteiger partial charge in [0.25, 0.3) is 0 Å². The van der Waals surface area contributed by atoms with E-state index in [-0.39, 0.29) is 11.4 Å². The Hall–Kier alpha value is -1.03. The second-order valence-corrected chi connectivity index (χ2v) is 6.39. The maximum atomic E-state index is 12.1. The maximum Gasteiger partial charge on any atom is 0.317 e. The molecule has 0 aromatic rings. The number of nitrogens with zero attached hydrogens (tertiary/aromatic N) is 1. The smallest absolute Gasteiger partial charge is 0.317 e. The van der Waals surface area contributed by atoms with Gasteiger partial charge in [0.05, 0.1) is 0 Å². The van der Waals surface area contributed by atoms with E-state index in [4.69, 9.17) is 0 Å². The van der Waals surface area contributed by atoms with Gasteiger partial charge in [-0.05, 0) is 37.2 Å². The highest BCUT2D eigenvalue weighted by atomic mass is 16.2. The number of nitrogens with one attached hydrogen (secondary N) is 2. The maximum absolute atomic E-state index is 12.1. The molecule has 0 aromatic heterocycles. The van der Waals surface area contributed by atoms with Gasteiger partial charge >= 0.3 is 6.03 Å². The standard InChI is InChI=1S/C15H27N3O/c1-12-5-4-6-15(2,3)13(12)11-17-14(19)18-9-7-16-8-10-18/h16H,4-11H2,1-3H3,(H,17,19). The summed E-state index contributed by atoms with van der Waals surface area (Å²) < 4.78 is 0. The molecule has 1 fully saturated rings. The molecule has 4 heteroatoms. The van der Waals surface area contributed by atoms with Gasteiger partial charge in [0.2, 0.25) is 0 Å². The highest BCUT2D eigenvalue weighted by Crippen LogP contribution is 2.39. The summed E-state index contributed by atoms with van der Waals surface area (Å²) in [6, 6.07) is 0.0863. The minimum absolute atomic E-state index is 0.0863. The fourth-order valence-electron chi connectivity index (χ4n) is 3.21. The first kappa shape index (κ1) is 14.4. The number of rotatable bonds is 2. The summed E-state index contributed by atoms with van der Waals surface area (Å²) in [4.78, 5) is 14.0. The number of piperazine rings is 1. The molecule has 2 aliphatic rings. The van der Waals surface area contributed by atoms with E-state index < -0.39 is 0 Å². The van der Waals surface area contributed by atoms with E-state index in [0.29, 0.717) is 6.54 Å². The quantitative estimate of drug-likeness (QED) is 0.751. The number of hydrogen-bond acceptors (Lipinski definition) is 2. The zero-order valence-corrected chi connectivity index (χ0v) is 12.5. The van der Waals surface area contributed by atoms with Crippen molar-refractivity contribution in [3.8, 4) is 0 Å². The van der Waals surface area contributed by atoms with Crippen LogP contribution >= 0.6 is 0 Å². The Morgan fingerprint density at radius 2 is 2.05 bits per heavy atom. The molecular weight excluding hydrogens is 238 g/mol. The second-order valence-electron chi connectivity index (χ2n) is 6.39. The van der Waals surface area contributed by atoms with E-state index in [1.54, 1.807) is 0 Å². The van der Waals surface area contributed by atoms with Crippen molar-refractivity contribution in [2.45, 2.75) is 40.0 Å². The van der Waals surface area contributed by atoms with Gasteiger partial charge in [-0.15, -0.1) is 0 Å². The van der Waals surface area contributed by atoms with Crippen molar-refractivity contribution >= 4 is 6.03 Å². The Morgan fingerprint density at radius 1 is 1.37 bits per heavy atom. The molecule has 2 N–H and O–H groups in total. The summed E-state index contributed by atoms with van der Waals surface area (Å²) in [7, 11) is 0. The third-order valence-corrected chi connectivity index (χ3v) is 4.51. The highest BCUT2D eigenvalue weighted by Gasteiger charge is 2.28. The summed E-state index contributed by atoms with van der Waals surface area (Å²) in [5.74, 6) is 0. The summed E-state index contributed by atoms with van der Waals surface area (Å²) in [5, 5.41) is 6.37. The van der Waals surface area contributed by atoms with Crippen LogP contribution in [-0.2, 0) is 0 Å². The van der Waals surface area contributed by atoms with Crippen LogP contribution in [0.5, 0.6) is 0 Å². The van der Waals surface area contributed by atoms with Crippen LogP contribution in [0, 0.1) is 5.41 Å². The molecule has 1 aliphatic heterocycles. The van der Waals surface area contributed by atoms with E-state index in [2.05, 4.69) is 31.4 Å². The number of urea groups is 1. The van der Waals surface area contributed by atoms with Crippen LogP contribution in [0.1, 0.15) is 40.0 Å². The minimum atomic E-state index is 0.0863. The van der Waals surface area contributed by atoms with Crippen molar-refractivity contribution in [3.63, 3.8) is 0 Å². The molecule has 2 amide bonds. The van der Waals surface area contributed by atoms with Gasteiger partial charge in [-0.25, -0.2) is 4.79 Å². The molecule has 19 heavy (non-hydrogen) atoms. The molecule has 0 aromatic carbocycles. The van der Waals surface area contributed by atoms with E-state index >= 15 is 0 Å². The molecular formula is C15H27N3O. The average Bonchev–Trinajstić information content (AvgIpc) is 2.38. The predicted molar refractivity (Wildman–Crippen MR) is 78.2 cm³/mol. The van der Waals surface area contributed by atoms with E-state index in [1.165, 1.54) is 30.4 Å². The first-order valence-electron chi connectivity index (χ1n) is 7.43. The lowest BCUT2D eigenvalue weighted by Crippen LogP contribution is -2.50. The van der Waals surface area contributed by atoms with E-state index in [9.17, 15) is 4.79 Å². The Kier molecular flexibility index (Phi) is 4.50. The molecule has 1 aliphatic carbocycles. The summed E-state index contributed by atoms with van der Waals surface area (Å²) in [6.45, 7) is 10.9. The zero-order valence-electron chi connectivity index (χ0n) is 12.5. The summed E-state index contributed by atoms with van der Waals surface area (Å²) in [5.41, 5.74) is 3.14. The first-order chi connectivity index (χ1) is 9.00. The SMILES string of the molecule is CC1=C(CNC(=O)N2CCNCC2)C(C)(C)CCC1. The highest BCUT2D eigenvalue weighted by molar-refractivity contribution is 5.74. The number of hydrogen-bond donors (Lipinski definition) is 2. The number of amides is 2. The number of carbonyl (C=O) groups is 1. The topological polar surface area (TPSA) is 44.4 Å². The second kappa shape index (κ2) is 5.95. The van der Waals surface area contributed by atoms with Crippen molar-refractivity contribution in [3.05, 3.63) is 11.1 Å². The van der Waals surface area contributed by atoms with Crippen LogP contribution in [0.15, 0.2) is 11.1 Å². The van der Waals surface area contributed by atoms with Crippen molar-refractivity contribution in [1.82, 2.24) is 15.5 Å². The van der Waals surface area contributed by atoms with Crippen LogP contribution in [0.3, 0.4) is 0 Å². The van der Waals surface area contributed by atoms with Gasteiger partial charge < -0.3 is 15.5 Å². The molecule has 1 saturated heterocycles. The van der Waals surface area contributed by atoms with E-state index in [0.717, 1.165) is 26.2 Å². The molecule has 2 rings (SSSR count). The molecule has 0 atom stereocenters. The Labute approximate surface area is 116 Å². The molecule has 4 nitrogen and oxygen atoms in total. The first-order valence-corrected chi connectivity index (χ1v) is 7.43. The number of carbonyl (C=O) groups excluding carboxylic acids is 1. The lowest BCUT2D eigenvalue weighted by molar-refractivity contribution is 0.190. The van der Waals surface area contributed by atoms with Crippen LogP contribution in [-0.4, -0.2) is 43.7 Å². The van der Waals surface area contributed by atoms with Gasteiger partial charge in [-0.2, -0.15) is 0 Å². The summed E-state index contributed by atoms with van der Waals surface area (Å²) in [6.07, 6.45) is 3.68. The lowest BCUT2D eigenvalue weighted by Gasteiger charge is -2.35. The van der Waals surface area contributed by atoms with Crippen LogP contribution in [0.4, 0.5) is 4.79 Å². The van der Waals surface area contributed by atoms with Gasteiger partial charge in [0.1, 0.15) is 0 Å². The van der Waals surface area contributed by atoms with Crippen molar-refractivity contribution in [2.24, 2.45) is 5.41 Å². The Balaban J connectivity index is 1.92. The monoisotopic (exact) mass is 265 g/mol. The largest absolute Gasteiger partial charge is 0.334 e. The van der Waals surface area contributed by atoms with Crippen molar-refractivity contribution in [1.29, 1.82) is 0 Å². The fraction of sp³-hybridized carbons (Fsp3) is 0.800. The zero-order chi connectivity index (χ0) is 13.9. The van der Waals surface area contributed by atoms with Crippen LogP contribution in [0.25, 0.3) is 0 Å². The molecule has 0 unspecified atom stereocenters. The minimum Gasteiger partial charge on any atom is -0.334 e. The van der Waals surface area contributed by atoms with Crippen LogP contribution in [0.2, 0.25) is 0 Å². The Bertz CT molecular complexity index is 368. The van der Waals surface area contributed by atoms with Gasteiger partial charge in [0, 0.05) is 32.7 Å². The molecule has 108 valence electrons. The van der Waals surface area contributed by atoms with Crippen LogP contribution < -0.4 is 10.6 Å². The average molecular weight is 265 g/mol. The summed E-state index contributed by atoms with van der Waals surface area (Å²) >= 11 is 0. The molecule has 1 heterocycles. The molecule has 0 radical (unpaired) electrons. The Morgan fingerprint density at radius 3 is 2.68 bits per heavy atom. The van der Waals surface area contributed by atoms with Crippen molar-refractivity contribution in [2.75, 3.05) is 32.7 Å². The normalized spacial score (nSPS) is 23.4. The van der Waals surface area contributed by atoms with Gasteiger partial charge in [-0.3, -0.25) is 0 Å². The van der Waals surface area contributed by atoms with Gasteiger partial charge in [-0.1, -0.05) is 19.4 Å². The van der Waals surface area contributed by atoms with Gasteiger partial charge in [0.15, 0.2) is 0 Å². The molecule has 0 bridgehead atoms. The van der Waals surface area contributed by atoms with Crippen molar-refractivity contribution < 1.29 is 4.79 Å². The predicted octanol–water partition coefficient (Wildman–Crippen LogP) is 2.13. The molecule has 0 saturated carbocycles. The lowest BCUT2D eigenvalue weighted by atomic mass is 9.73. The number of allylic oxidation sites excluding steroid dienone is 1. The third-order valence-electron chi connectivity index (χ3n) is 4.51. The third kappa shape index (κ3) is 3.50. The molecule has 0 spiro atoms. The fourth-order valence-corrected chi connectivity index (χ4v) is 3.21. The van der Waals surface area contributed by atoms with E-state index in [1.807, 2.05) is 4.90 Å².